The van der Waals surface area contributed by atoms with Crippen LogP contribution in [0.5, 0.6) is 0 Å². The van der Waals surface area contributed by atoms with E-state index in [0.29, 0.717) is 24.0 Å². The Hall–Kier alpha value is -2.12. The molecule has 3 aromatic rings. The smallest absolute Gasteiger partial charge is 0.305 e. The summed E-state index contributed by atoms with van der Waals surface area (Å²) >= 11 is 3.20. The summed E-state index contributed by atoms with van der Waals surface area (Å²) in [6.07, 6.45) is 2.01. The molecule has 0 bridgehead atoms. The van der Waals surface area contributed by atoms with Gasteiger partial charge < -0.3 is 10.5 Å². The van der Waals surface area contributed by atoms with Gasteiger partial charge >= 0.3 is 5.97 Å². The molecule has 142 valence electrons. The van der Waals surface area contributed by atoms with Crippen molar-refractivity contribution in [3.05, 3.63) is 46.3 Å². The Kier molecular flexibility index (Phi) is 6.68. The van der Waals surface area contributed by atoms with E-state index in [1.807, 2.05) is 13.0 Å². The first kappa shape index (κ1) is 19.6. The van der Waals surface area contributed by atoms with Crippen molar-refractivity contribution in [3.63, 3.8) is 0 Å². The standard InChI is InChI=1S/C20H23N3O2S2/c1-3-25-16(24)10-7-11-26-20-22-18(21)17-13(2)15(27-19(17)23-20)12-14-8-5-4-6-9-14/h4-6,8-9H,3,7,10-12H2,1-2H3,(H2,21,22,23). The van der Waals surface area contributed by atoms with Gasteiger partial charge in [-0.1, -0.05) is 42.1 Å². The zero-order valence-electron chi connectivity index (χ0n) is 15.5. The number of hydrogen-bond donors (Lipinski definition) is 1. The van der Waals surface area contributed by atoms with Gasteiger partial charge in [-0.15, -0.1) is 11.3 Å². The van der Waals surface area contributed by atoms with Gasteiger partial charge in [0.25, 0.3) is 0 Å². The number of aromatic nitrogens is 2. The first-order chi connectivity index (χ1) is 13.1. The molecule has 3 rings (SSSR count). The minimum Gasteiger partial charge on any atom is -0.466 e. The Labute approximate surface area is 167 Å². The van der Waals surface area contributed by atoms with E-state index >= 15 is 0 Å². The minimum atomic E-state index is -0.159. The van der Waals surface area contributed by atoms with Crippen LogP contribution in [-0.2, 0) is 16.0 Å². The van der Waals surface area contributed by atoms with Crippen LogP contribution in [0.2, 0.25) is 0 Å². The lowest BCUT2D eigenvalue weighted by atomic mass is 10.1. The van der Waals surface area contributed by atoms with Gasteiger partial charge in [-0.25, -0.2) is 9.97 Å². The average molecular weight is 402 g/mol. The maximum absolute atomic E-state index is 11.4. The van der Waals surface area contributed by atoms with E-state index in [1.165, 1.54) is 22.2 Å². The molecule has 0 aliphatic rings. The number of nitrogens with two attached hydrogens (primary N) is 1. The number of thioether (sulfide) groups is 1. The van der Waals surface area contributed by atoms with Gasteiger partial charge in [0.1, 0.15) is 10.6 Å². The third-order valence-corrected chi connectivity index (χ3v) is 6.28. The number of ether oxygens (including phenoxy) is 1. The van der Waals surface area contributed by atoms with Gasteiger partial charge in [0.15, 0.2) is 5.16 Å². The van der Waals surface area contributed by atoms with Gasteiger partial charge in [0.05, 0.1) is 12.0 Å². The van der Waals surface area contributed by atoms with Gasteiger partial charge in [-0.3, -0.25) is 4.79 Å². The number of esters is 1. The summed E-state index contributed by atoms with van der Waals surface area (Å²) in [4.78, 5) is 22.7. The highest BCUT2D eigenvalue weighted by molar-refractivity contribution is 7.99. The van der Waals surface area contributed by atoms with Crippen molar-refractivity contribution in [1.29, 1.82) is 0 Å². The van der Waals surface area contributed by atoms with Gasteiger partial charge in [0.2, 0.25) is 0 Å². The Morgan fingerprint density at radius 1 is 1.26 bits per heavy atom. The topological polar surface area (TPSA) is 78.1 Å². The Morgan fingerprint density at radius 3 is 2.78 bits per heavy atom. The van der Waals surface area contributed by atoms with Crippen LogP contribution in [0.4, 0.5) is 5.82 Å². The highest BCUT2D eigenvalue weighted by Crippen LogP contribution is 2.35. The van der Waals surface area contributed by atoms with E-state index in [-0.39, 0.29) is 5.97 Å². The molecule has 7 heteroatoms. The molecule has 2 aromatic heterocycles. The molecule has 27 heavy (non-hydrogen) atoms. The van der Waals surface area contributed by atoms with E-state index in [0.717, 1.165) is 34.4 Å². The second kappa shape index (κ2) is 9.19. The normalized spacial score (nSPS) is 11.0. The number of carbonyl (C=O) groups excluding carboxylic acids is 1. The molecule has 0 aliphatic carbocycles. The van der Waals surface area contributed by atoms with E-state index in [1.54, 1.807) is 11.3 Å². The molecule has 0 atom stereocenters. The number of hydrogen-bond acceptors (Lipinski definition) is 7. The van der Waals surface area contributed by atoms with Crippen LogP contribution in [0, 0.1) is 6.92 Å². The van der Waals surface area contributed by atoms with Crippen molar-refractivity contribution in [3.8, 4) is 0 Å². The molecule has 5 nitrogen and oxygen atoms in total. The second-order valence-corrected chi connectivity index (χ2v) is 8.29. The molecule has 0 unspecified atom stereocenters. The Morgan fingerprint density at radius 2 is 2.04 bits per heavy atom. The molecule has 1 aromatic carbocycles. The van der Waals surface area contributed by atoms with E-state index in [2.05, 4.69) is 41.2 Å². The molecular formula is C20H23N3O2S2. The van der Waals surface area contributed by atoms with Gasteiger partial charge in [0, 0.05) is 23.5 Å². The first-order valence-electron chi connectivity index (χ1n) is 8.96. The first-order valence-corrected chi connectivity index (χ1v) is 10.8. The second-order valence-electron chi connectivity index (χ2n) is 6.14. The number of carbonyl (C=O) groups is 1. The maximum atomic E-state index is 11.4. The molecule has 2 N–H and O–H groups in total. The molecule has 0 fully saturated rings. The fourth-order valence-corrected chi connectivity index (χ4v) is 4.89. The number of fused-ring (bicyclic) bond motifs is 1. The molecule has 0 radical (unpaired) electrons. The van der Waals surface area contributed by atoms with E-state index < -0.39 is 0 Å². The number of rotatable bonds is 8. The molecular weight excluding hydrogens is 378 g/mol. The van der Waals surface area contributed by atoms with Crippen molar-refractivity contribution in [2.75, 3.05) is 18.1 Å². The summed E-state index contributed by atoms with van der Waals surface area (Å²) in [7, 11) is 0. The number of anilines is 1. The summed E-state index contributed by atoms with van der Waals surface area (Å²) < 4.78 is 4.94. The molecule has 0 amide bonds. The maximum Gasteiger partial charge on any atom is 0.305 e. The SMILES string of the molecule is CCOC(=O)CCCSc1nc(N)c2c(C)c(Cc3ccccc3)sc2n1. The highest BCUT2D eigenvalue weighted by atomic mass is 32.2. The summed E-state index contributed by atoms with van der Waals surface area (Å²) in [5.41, 5.74) is 8.66. The van der Waals surface area contributed by atoms with Crippen molar-refractivity contribution in [2.24, 2.45) is 0 Å². The van der Waals surface area contributed by atoms with Crippen LogP contribution in [-0.4, -0.2) is 28.3 Å². The van der Waals surface area contributed by atoms with Crippen LogP contribution >= 0.6 is 23.1 Å². The minimum absolute atomic E-state index is 0.159. The fourth-order valence-electron chi connectivity index (χ4n) is 2.82. The van der Waals surface area contributed by atoms with Crippen molar-refractivity contribution >= 4 is 45.1 Å². The van der Waals surface area contributed by atoms with E-state index in [4.69, 9.17) is 10.5 Å². The summed E-state index contributed by atoms with van der Waals surface area (Å²) in [6.45, 7) is 4.32. The lowest BCUT2D eigenvalue weighted by Gasteiger charge is -2.04. The number of aryl methyl sites for hydroxylation is 1. The molecule has 0 aliphatic heterocycles. The molecule has 0 saturated heterocycles. The summed E-state index contributed by atoms with van der Waals surface area (Å²) in [5.74, 6) is 1.12. The number of benzene rings is 1. The lowest BCUT2D eigenvalue weighted by molar-refractivity contribution is -0.143. The Bertz CT molecular complexity index is 926. The van der Waals surface area contributed by atoms with Crippen LogP contribution in [0.25, 0.3) is 10.2 Å². The predicted molar refractivity (Wildman–Crippen MR) is 112 cm³/mol. The predicted octanol–water partition coefficient (Wildman–Crippen LogP) is 4.61. The zero-order chi connectivity index (χ0) is 19.2. The average Bonchev–Trinajstić information content (AvgIpc) is 2.96. The fraction of sp³-hybridized carbons (Fsp3) is 0.350. The van der Waals surface area contributed by atoms with Gasteiger partial charge in [-0.2, -0.15) is 0 Å². The highest BCUT2D eigenvalue weighted by Gasteiger charge is 2.15. The lowest BCUT2D eigenvalue weighted by Crippen LogP contribution is -2.04. The zero-order valence-corrected chi connectivity index (χ0v) is 17.2. The number of nitrogens with zero attached hydrogens (tertiary/aromatic N) is 2. The third-order valence-electron chi connectivity index (χ3n) is 4.17. The molecule has 0 spiro atoms. The largest absolute Gasteiger partial charge is 0.466 e. The molecule has 2 heterocycles. The summed E-state index contributed by atoms with van der Waals surface area (Å²) in [6, 6.07) is 10.4. The number of nitrogen functional groups attached to an aromatic ring is 1. The molecule has 0 saturated carbocycles. The van der Waals surface area contributed by atoms with Crippen LogP contribution in [0.3, 0.4) is 0 Å². The summed E-state index contributed by atoms with van der Waals surface area (Å²) in [5, 5.41) is 1.62. The Balaban J connectivity index is 1.71. The van der Waals surface area contributed by atoms with Crippen LogP contribution in [0.1, 0.15) is 35.8 Å². The van der Waals surface area contributed by atoms with E-state index in [9.17, 15) is 4.79 Å². The van der Waals surface area contributed by atoms with Crippen molar-refractivity contribution < 1.29 is 9.53 Å². The quantitative estimate of drug-likeness (QED) is 0.257. The third kappa shape index (κ3) is 4.99. The van der Waals surface area contributed by atoms with Crippen LogP contribution < -0.4 is 5.73 Å². The monoisotopic (exact) mass is 401 g/mol. The van der Waals surface area contributed by atoms with Crippen LogP contribution in [0.15, 0.2) is 35.5 Å². The van der Waals surface area contributed by atoms with Gasteiger partial charge in [-0.05, 0) is 31.4 Å². The van der Waals surface area contributed by atoms with Crippen molar-refractivity contribution in [2.45, 2.75) is 38.3 Å². The van der Waals surface area contributed by atoms with Crippen molar-refractivity contribution in [1.82, 2.24) is 9.97 Å². The number of thiophene rings is 1.